The number of nitrogens with zero attached hydrogens (tertiary/aromatic N) is 2. The zero-order valence-electron chi connectivity index (χ0n) is 7.94. The van der Waals surface area contributed by atoms with Gasteiger partial charge < -0.3 is 10.5 Å². The Balaban J connectivity index is 2.39. The molecule has 1 aromatic heterocycles. The summed E-state index contributed by atoms with van der Waals surface area (Å²) in [4.78, 5) is 3.87. The highest BCUT2D eigenvalue weighted by Crippen LogP contribution is 2.02. The third-order valence-electron chi connectivity index (χ3n) is 1.70. The van der Waals surface area contributed by atoms with Crippen LogP contribution in [0.1, 0.15) is 17.7 Å². The van der Waals surface area contributed by atoms with Crippen molar-refractivity contribution >= 4 is 0 Å². The van der Waals surface area contributed by atoms with Gasteiger partial charge in [0.1, 0.15) is 11.8 Å². The lowest BCUT2D eigenvalue weighted by Gasteiger charge is -2.02. The van der Waals surface area contributed by atoms with E-state index in [9.17, 15) is 0 Å². The molecule has 0 saturated carbocycles. The van der Waals surface area contributed by atoms with E-state index in [1.54, 1.807) is 12.3 Å². The number of hydrogen-bond acceptors (Lipinski definition) is 4. The molecule has 0 aliphatic carbocycles. The quantitative estimate of drug-likeness (QED) is 0.699. The molecule has 0 saturated heterocycles. The molecule has 4 heteroatoms. The van der Waals surface area contributed by atoms with Crippen LogP contribution in [-0.4, -0.2) is 18.1 Å². The number of hydrogen-bond donors (Lipinski definition) is 1. The third kappa shape index (κ3) is 3.52. The van der Waals surface area contributed by atoms with Crippen molar-refractivity contribution in [3.05, 3.63) is 29.6 Å². The predicted molar refractivity (Wildman–Crippen MR) is 52.3 cm³/mol. The van der Waals surface area contributed by atoms with Crippen molar-refractivity contribution in [2.45, 2.75) is 13.0 Å². The molecule has 4 nitrogen and oxygen atoms in total. The van der Waals surface area contributed by atoms with Gasteiger partial charge in [-0.15, -0.1) is 0 Å². The van der Waals surface area contributed by atoms with E-state index in [1.165, 1.54) is 0 Å². The molecule has 2 N–H and O–H groups in total. The van der Waals surface area contributed by atoms with Crippen LogP contribution in [0.2, 0.25) is 0 Å². The van der Waals surface area contributed by atoms with E-state index in [1.807, 2.05) is 12.1 Å². The van der Waals surface area contributed by atoms with Gasteiger partial charge in [-0.2, -0.15) is 5.26 Å². The summed E-state index contributed by atoms with van der Waals surface area (Å²) in [5.41, 5.74) is 6.71. The summed E-state index contributed by atoms with van der Waals surface area (Å²) >= 11 is 0. The van der Waals surface area contributed by atoms with Crippen LogP contribution < -0.4 is 5.73 Å². The van der Waals surface area contributed by atoms with Crippen LogP contribution in [0.4, 0.5) is 0 Å². The molecular weight excluding hydrogens is 178 g/mol. The molecule has 1 rings (SSSR count). The Kier molecular flexibility index (Phi) is 4.62. The van der Waals surface area contributed by atoms with Gasteiger partial charge in [0.2, 0.25) is 0 Å². The largest absolute Gasteiger partial charge is 0.377 e. The molecule has 14 heavy (non-hydrogen) atoms. The molecule has 0 spiro atoms. The van der Waals surface area contributed by atoms with Crippen molar-refractivity contribution in [3.63, 3.8) is 0 Å². The molecule has 0 aliphatic rings. The summed E-state index contributed by atoms with van der Waals surface area (Å²) in [6.07, 6.45) is 2.47. The smallest absolute Gasteiger partial charge is 0.140 e. The Morgan fingerprint density at radius 1 is 1.57 bits per heavy atom. The molecule has 0 unspecified atom stereocenters. The minimum atomic E-state index is 0.421. The lowest BCUT2D eigenvalue weighted by atomic mass is 10.2. The first-order valence-corrected chi connectivity index (χ1v) is 4.49. The number of nitrogens with two attached hydrogens (primary N) is 1. The van der Waals surface area contributed by atoms with E-state index < -0.39 is 0 Å². The van der Waals surface area contributed by atoms with E-state index in [0.717, 1.165) is 12.0 Å². The van der Waals surface area contributed by atoms with E-state index in [2.05, 4.69) is 4.98 Å². The standard InChI is InChI=1S/C10H13N3O/c11-3-1-5-14-8-9-2-4-13-10(6-9)7-12/h2,4,6H,1,3,5,8,11H2. The van der Waals surface area contributed by atoms with Crippen LogP contribution in [0.15, 0.2) is 18.3 Å². The SMILES string of the molecule is N#Cc1cc(COCCCN)ccn1. The van der Waals surface area contributed by atoms with Gasteiger partial charge in [-0.1, -0.05) is 0 Å². The number of pyridine rings is 1. The fourth-order valence-corrected chi connectivity index (χ4v) is 1.00. The van der Waals surface area contributed by atoms with Crippen molar-refractivity contribution < 1.29 is 4.74 Å². The lowest BCUT2D eigenvalue weighted by Crippen LogP contribution is -2.04. The van der Waals surface area contributed by atoms with E-state index in [-0.39, 0.29) is 0 Å². The maximum atomic E-state index is 8.60. The van der Waals surface area contributed by atoms with Gasteiger partial charge >= 0.3 is 0 Å². The first kappa shape index (κ1) is 10.6. The molecule has 0 radical (unpaired) electrons. The summed E-state index contributed by atoms with van der Waals surface area (Å²) in [7, 11) is 0. The Labute approximate surface area is 83.3 Å². The highest BCUT2D eigenvalue weighted by molar-refractivity contribution is 5.24. The Morgan fingerprint density at radius 2 is 2.43 bits per heavy atom. The first-order chi connectivity index (χ1) is 6.86. The highest BCUT2D eigenvalue weighted by atomic mass is 16.5. The maximum Gasteiger partial charge on any atom is 0.140 e. The summed E-state index contributed by atoms with van der Waals surface area (Å²) in [6.45, 7) is 1.80. The number of ether oxygens (including phenoxy) is 1. The number of aromatic nitrogens is 1. The molecule has 0 fully saturated rings. The number of nitriles is 1. The molecule has 0 aliphatic heterocycles. The third-order valence-corrected chi connectivity index (χ3v) is 1.70. The average Bonchev–Trinajstić information content (AvgIpc) is 2.25. The Morgan fingerprint density at radius 3 is 3.14 bits per heavy atom. The monoisotopic (exact) mass is 191 g/mol. The van der Waals surface area contributed by atoms with Crippen molar-refractivity contribution in [1.29, 1.82) is 5.26 Å². The summed E-state index contributed by atoms with van der Waals surface area (Å²) in [5.74, 6) is 0. The minimum absolute atomic E-state index is 0.421. The van der Waals surface area contributed by atoms with Crippen molar-refractivity contribution in [2.75, 3.05) is 13.2 Å². The molecule has 0 amide bonds. The van der Waals surface area contributed by atoms with Gasteiger partial charge in [0.15, 0.2) is 0 Å². The van der Waals surface area contributed by atoms with E-state index >= 15 is 0 Å². The van der Waals surface area contributed by atoms with Gasteiger partial charge in [0.05, 0.1) is 6.61 Å². The summed E-state index contributed by atoms with van der Waals surface area (Å²) in [6, 6.07) is 5.54. The van der Waals surface area contributed by atoms with Crippen LogP contribution in [0.3, 0.4) is 0 Å². The number of rotatable bonds is 5. The molecule has 1 heterocycles. The molecule has 0 bridgehead atoms. The van der Waals surface area contributed by atoms with Crippen LogP contribution >= 0.6 is 0 Å². The second-order valence-corrected chi connectivity index (χ2v) is 2.86. The topological polar surface area (TPSA) is 71.9 Å². The van der Waals surface area contributed by atoms with Gasteiger partial charge in [-0.05, 0) is 30.7 Å². The molecular formula is C10H13N3O. The maximum absolute atomic E-state index is 8.60. The van der Waals surface area contributed by atoms with Crippen molar-refractivity contribution in [1.82, 2.24) is 4.98 Å². The Hall–Kier alpha value is -1.44. The van der Waals surface area contributed by atoms with Crippen LogP contribution in [0.5, 0.6) is 0 Å². The lowest BCUT2D eigenvalue weighted by molar-refractivity contribution is 0.120. The average molecular weight is 191 g/mol. The summed E-state index contributed by atoms with van der Waals surface area (Å²) < 4.78 is 5.34. The van der Waals surface area contributed by atoms with E-state index in [0.29, 0.717) is 25.5 Å². The highest BCUT2D eigenvalue weighted by Gasteiger charge is 1.96. The normalized spacial score (nSPS) is 9.71. The molecule has 74 valence electrons. The van der Waals surface area contributed by atoms with E-state index in [4.69, 9.17) is 15.7 Å². The van der Waals surface area contributed by atoms with Gasteiger partial charge in [0, 0.05) is 12.8 Å². The van der Waals surface area contributed by atoms with Crippen LogP contribution in [-0.2, 0) is 11.3 Å². The van der Waals surface area contributed by atoms with Gasteiger partial charge in [-0.25, -0.2) is 4.98 Å². The molecule has 0 atom stereocenters. The second kappa shape index (κ2) is 6.08. The fourth-order valence-electron chi connectivity index (χ4n) is 1.00. The zero-order valence-corrected chi connectivity index (χ0v) is 7.94. The van der Waals surface area contributed by atoms with Gasteiger partial charge in [0.25, 0.3) is 0 Å². The molecule has 0 aromatic carbocycles. The van der Waals surface area contributed by atoms with Crippen LogP contribution in [0.25, 0.3) is 0 Å². The zero-order chi connectivity index (χ0) is 10.2. The minimum Gasteiger partial charge on any atom is -0.377 e. The van der Waals surface area contributed by atoms with Gasteiger partial charge in [-0.3, -0.25) is 0 Å². The summed E-state index contributed by atoms with van der Waals surface area (Å²) in [5, 5.41) is 8.60. The predicted octanol–water partition coefficient (Wildman–Crippen LogP) is 0.819. The first-order valence-electron chi connectivity index (χ1n) is 4.49. The Bertz CT molecular complexity index is 319. The fraction of sp³-hybridized carbons (Fsp3) is 0.400. The van der Waals surface area contributed by atoms with Crippen molar-refractivity contribution in [3.8, 4) is 6.07 Å². The molecule has 1 aromatic rings. The van der Waals surface area contributed by atoms with Crippen LogP contribution in [0, 0.1) is 11.3 Å². The van der Waals surface area contributed by atoms with Crippen molar-refractivity contribution in [2.24, 2.45) is 5.73 Å². The second-order valence-electron chi connectivity index (χ2n) is 2.86.